The lowest BCUT2D eigenvalue weighted by atomic mass is 10.3. The second-order valence-electron chi connectivity index (χ2n) is 3.24. The minimum absolute atomic E-state index is 0. The first-order chi connectivity index (χ1) is 5.45. The average Bonchev–Trinajstić information content (AvgIpc) is 2.60. The third-order valence-corrected chi connectivity index (χ3v) is 2.29. The second kappa shape index (κ2) is 5.02. The van der Waals surface area contributed by atoms with Gasteiger partial charge in [-0.15, -0.1) is 12.4 Å². The van der Waals surface area contributed by atoms with Crippen LogP contribution in [0.25, 0.3) is 0 Å². The number of hydrogen-bond acceptors (Lipinski definition) is 3. The van der Waals surface area contributed by atoms with Crippen LogP contribution in [0.2, 0.25) is 0 Å². The molecular weight excluding hydrogens is 178 g/mol. The van der Waals surface area contributed by atoms with Crippen LogP contribution in [0.15, 0.2) is 0 Å². The van der Waals surface area contributed by atoms with Gasteiger partial charge in [-0.1, -0.05) is 0 Å². The third-order valence-electron chi connectivity index (χ3n) is 2.29. The molecule has 0 spiro atoms. The molecule has 0 aromatic carbocycles. The number of nitrogens with one attached hydrogen (secondary N) is 1. The van der Waals surface area contributed by atoms with E-state index in [1.54, 1.807) is 0 Å². The van der Waals surface area contributed by atoms with E-state index in [0.29, 0.717) is 12.2 Å². The van der Waals surface area contributed by atoms with Crippen molar-refractivity contribution >= 4 is 12.4 Å². The maximum atomic E-state index is 5.78. The van der Waals surface area contributed by atoms with E-state index < -0.39 is 0 Å². The van der Waals surface area contributed by atoms with E-state index in [2.05, 4.69) is 5.32 Å². The van der Waals surface area contributed by atoms with Crippen LogP contribution in [0.4, 0.5) is 0 Å². The van der Waals surface area contributed by atoms with Crippen LogP contribution in [0.3, 0.4) is 0 Å². The van der Waals surface area contributed by atoms with Crippen molar-refractivity contribution < 1.29 is 9.47 Å². The molecule has 0 aliphatic carbocycles. The molecule has 2 heterocycles. The lowest BCUT2D eigenvalue weighted by molar-refractivity contribution is -0.00530. The second-order valence-corrected chi connectivity index (χ2v) is 3.24. The molecule has 2 aliphatic rings. The molecule has 2 rings (SSSR count). The van der Waals surface area contributed by atoms with Crippen molar-refractivity contribution in [1.82, 2.24) is 5.32 Å². The Morgan fingerprint density at radius 1 is 1.25 bits per heavy atom. The predicted molar refractivity (Wildman–Crippen MR) is 48.8 cm³/mol. The predicted octanol–water partition coefficient (Wildman–Crippen LogP) is 0.576. The Morgan fingerprint density at radius 2 is 2.17 bits per heavy atom. The summed E-state index contributed by atoms with van der Waals surface area (Å²) in [5.74, 6) is 0. The van der Waals surface area contributed by atoms with E-state index in [1.165, 1.54) is 0 Å². The summed E-state index contributed by atoms with van der Waals surface area (Å²) in [5.41, 5.74) is 0. The van der Waals surface area contributed by atoms with E-state index in [4.69, 9.17) is 9.47 Å². The molecule has 0 unspecified atom stereocenters. The highest BCUT2D eigenvalue weighted by atomic mass is 35.5. The highest BCUT2D eigenvalue weighted by molar-refractivity contribution is 5.85. The molecule has 0 amide bonds. The Hall–Kier alpha value is 0.170. The van der Waals surface area contributed by atoms with Gasteiger partial charge in [0, 0.05) is 13.2 Å². The lowest BCUT2D eigenvalue weighted by Gasteiger charge is -2.14. The van der Waals surface area contributed by atoms with Gasteiger partial charge in [0.05, 0.1) is 18.8 Å². The van der Waals surface area contributed by atoms with Gasteiger partial charge in [-0.2, -0.15) is 0 Å². The van der Waals surface area contributed by atoms with Crippen LogP contribution >= 0.6 is 12.4 Å². The Kier molecular flexibility index (Phi) is 4.29. The Balaban J connectivity index is 0.000000720. The van der Waals surface area contributed by atoms with Gasteiger partial charge in [0.2, 0.25) is 0 Å². The largest absolute Gasteiger partial charge is 0.379 e. The quantitative estimate of drug-likeness (QED) is 0.696. The molecule has 0 radical (unpaired) electrons. The summed E-state index contributed by atoms with van der Waals surface area (Å²) in [4.78, 5) is 0. The average molecular weight is 194 g/mol. The van der Waals surface area contributed by atoms with Crippen LogP contribution in [-0.4, -0.2) is 38.5 Å². The molecule has 2 saturated heterocycles. The van der Waals surface area contributed by atoms with Crippen LogP contribution < -0.4 is 5.32 Å². The first kappa shape index (κ1) is 10.3. The van der Waals surface area contributed by atoms with E-state index in [-0.39, 0.29) is 12.4 Å². The van der Waals surface area contributed by atoms with Crippen molar-refractivity contribution in [2.24, 2.45) is 0 Å². The number of halogens is 1. The normalized spacial score (nSPS) is 35.0. The summed E-state index contributed by atoms with van der Waals surface area (Å²) in [6, 6.07) is 0. The molecule has 2 aliphatic heterocycles. The van der Waals surface area contributed by atoms with Gasteiger partial charge in [-0.25, -0.2) is 0 Å². The van der Waals surface area contributed by atoms with Gasteiger partial charge >= 0.3 is 0 Å². The summed E-state index contributed by atoms with van der Waals surface area (Å²) in [5, 5.41) is 3.28. The fourth-order valence-corrected chi connectivity index (χ4v) is 1.64. The zero-order chi connectivity index (χ0) is 7.52. The molecule has 2 fully saturated rings. The fourth-order valence-electron chi connectivity index (χ4n) is 1.64. The summed E-state index contributed by atoms with van der Waals surface area (Å²) in [7, 11) is 0. The molecule has 0 bridgehead atoms. The van der Waals surface area contributed by atoms with E-state index in [0.717, 1.165) is 39.1 Å². The molecular formula is C8H16ClNO2. The Bertz CT molecular complexity index is 108. The maximum Gasteiger partial charge on any atom is 0.0834 e. The lowest BCUT2D eigenvalue weighted by Crippen LogP contribution is -2.24. The van der Waals surface area contributed by atoms with Crippen LogP contribution in [0.1, 0.15) is 12.8 Å². The molecule has 0 aromatic rings. The van der Waals surface area contributed by atoms with Crippen molar-refractivity contribution in [1.29, 1.82) is 0 Å². The van der Waals surface area contributed by atoms with Crippen LogP contribution in [0, 0.1) is 0 Å². The molecule has 1 N–H and O–H groups in total. The Labute approximate surface area is 79.2 Å². The van der Waals surface area contributed by atoms with Crippen molar-refractivity contribution in [2.75, 3.05) is 26.3 Å². The van der Waals surface area contributed by atoms with Crippen LogP contribution in [0.5, 0.6) is 0 Å². The van der Waals surface area contributed by atoms with E-state index >= 15 is 0 Å². The van der Waals surface area contributed by atoms with Crippen molar-refractivity contribution in [3.8, 4) is 0 Å². The first-order valence-electron chi connectivity index (χ1n) is 4.39. The molecule has 2 atom stereocenters. The molecule has 72 valence electrons. The molecule has 0 aromatic heterocycles. The smallest absolute Gasteiger partial charge is 0.0834 e. The number of ether oxygens (including phenoxy) is 2. The summed E-state index contributed by atoms with van der Waals surface area (Å²) in [6.45, 7) is 3.82. The first-order valence-corrected chi connectivity index (χ1v) is 4.39. The van der Waals surface area contributed by atoms with Crippen molar-refractivity contribution in [2.45, 2.75) is 25.0 Å². The van der Waals surface area contributed by atoms with Crippen molar-refractivity contribution in [3.63, 3.8) is 0 Å². The minimum Gasteiger partial charge on any atom is -0.379 e. The zero-order valence-electron chi connectivity index (χ0n) is 7.12. The molecule has 12 heavy (non-hydrogen) atoms. The molecule has 3 nitrogen and oxygen atoms in total. The van der Waals surface area contributed by atoms with Crippen LogP contribution in [-0.2, 0) is 9.47 Å². The molecule has 4 heteroatoms. The zero-order valence-corrected chi connectivity index (χ0v) is 7.94. The summed E-state index contributed by atoms with van der Waals surface area (Å²) in [6.07, 6.45) is 3.06. The number of rotatable bonds is 2. The maximum absolute atomic E-state index is 5.78. The van der Waals surface area contributed by atoms with Crippen molar-refractivity contribution in [3.05, 3.63) is 0 Å². The highest BCUT2D eigenvalue weighted by Gasteiger charge is 2.22. The topological polar surface area (TPSA) is 30.5 Å². The minimum atomic E-state index is 0. The van der Waals surface area contributed by atoms with E-state index in [9.17, 15) is 0 Å². The van der Waals surface area contributed by atoms with Gasteiger partial charge in [0.1, 0.15) is 0 Å². The number of hydrogen-bond donors (Lipinski definition) is 1. The van der Waals surface area contributed by atoms with Gasteiger partial charge in [-0.05, 0) is 19.4 Å². The Morgan fingerprint density at radius 3 is 2.75 bits per heavy atom. The summed E-state index contributed by atoms with van der Waals surface area (Å²) < 4.78 is 11.0. The van der Waals surface area contributed by atoms with Gasteiger partial charge < -0.3 is 14.8 Å². The standard InChI is InChI=1S/C8H15NO2.ClH/c1-3-9-5-7(1)11-8-2-4-10-6-8;/h7-9H,1-6H2;1H/t7-,8-;/m1./s1. The van der Waals surface area contributed by atoms with Gasteiger partial charge in [-0.3, -0.25) is 0 Å². The fraction of sp³-hybridized carbons (Fsp3) is 1.00. The third kappa shape index (κ3) is 2.59. The SMILES string of the molecule is C1C[C@@H](O[C@@H]2CCOC2)CN1.Cl. The summed E-state index contributed by atoms with van der Waals surface area (Å²) >= 11 is 0. The van der Waals surface area contributed by atoms with Gasteiger partial charge in [0.15, 0.2) is 0 Å². The van der Waals surface area contributed by atoms with E-state index in [1.807, 2.05) is 0 Å². The van der Waals surface area contributed by atoms with Gasteiger partial charge in [0.25, 0.3) is 0 Å². The molecule has 0 saturated carbocycles. The highest BCUT2D eigenvalue weighted by Crippen LogP contribution is 2.13. The monoisotopic (exact) mass is 193 g/mol.